The van der Waals surface area contributed by atoms with E-state index in [4.69, 9.17) is 5.26 Å². The van der Waals surface area contributed by atoms with Gasteiger partial charge in [0.15, 0.2) is 0 Å². The summed E-state index contributed by atoms with van der Waals surface area (Å²) < 4.78 is 46.1. The highest BCUT2D eigenvalue weighted by Crippen LogP contribution is 2.08. The fraction of sp³-hybridized carbons (Fsp3) is 0.875. The summed E-state index contributed by atoms with van der Waals surface area (Å²) in [6, 6.07) is 1.42. The van der Waals surface area contributed by atoms with Crippen LogP contribution >= 0.6 is 0 Å². The van der Waals surface area contributed by atoms with Crippen LogP contribution in [0.3, 0.4) is 0 Å². The second-order valence-corrected chi connectivity index (χ2v) is 8.08. The van der Waals surface area contributed by atoms with Gasteiger partial charge in [-0.3, -0.25) is 0 Å². The maximum Gasteiger partial charge on any atom is 0.215 e. The minimum atomic E-state index is -3.61. The van der Waals surface area contributed by atoms with E-state index in [1.807, 2.05) is 6.07 Å². The Morgan fingerprint density at radius 3 is 2.12 bits per heavy atom. The van der Waals surface area contributed by atoms with Crippen molar-refractivity contribution >= 4 is 19.9 Å². The zero-order chi connectivity index (χ0) is 13.0. The molecule has 0 aromatic heterocycles. The first-order valence-corrected chi connectivity index (χ1v) is 8.27. The lowest BCUT2D eigenvalue weighted by molar-refractivity contribution is 0.394. The van der Waals surface area contributed by atoms with Crippen molar-refractivity contribution in [2.75, 3.05) is 24.8 Å². The SMILES string of the molecule is CC(CC#N)N(C)S(=O)(=O)CCS(C)(=O)=O. The van der Waals surface area contributed by atoms with Crippen molar-refractivity contribution in [3.63, 3.8) is 0 Å². The number of sulfone groups is 1. The standard InChI is InChI=1S/C8H16N2O4S2/c1-8(4-5-9)10(2)16(13,14)7-6-15(3,11)12/h8H,4,6-7H2,1-3H3. The Kier molecular flexibility index (Phi) is 5.38. The van der Waals surface area contributed by atoms with Gasteiger partial charge in [0.2, 0.25) is 10.0 Å². The lowest BCUT2D eigenvalue weighted by Gasteiger charge is -2.21. The molecule has 0 bridgehead atoms. The molecule has 0 aromatic rings. The first-order chi connectivity index (χ1) is 7.10. The molecule has 16 heavy (non-hydrogen) atoms. The summed E-state index contributed by atoms with van der Waals surface area (Å²) in [6.45, 7) is 1.60. The third-order valence-electron chi connectivity index (χ3n) is 2.16. The molecule has 0 radical (unpaired) electrons. The third kappa shape index (κ3) is 5.44. The Balaban J connectivity index is 4.63. The predicted molar refractivity (Wildman–Crippen MR) is 61.0 cm³/mol. The lowest BCUT2D eigenvalue weighted by Crippen LogP contribution is -2.37. The molecule has 1 unspecified atom stereocenters. The topological polar surface area (TPSA) is 95.3 Å². The molecule has 0 spiro atoms. The van der Waals surface area contributed by atoms with E-state index in [1.54, 1.807) is 6.92 Å². The molecule has 0 heterocycles. The van der Waals surface area contributed by atoms with Crippen LogP contribution in [-0.2, 0) is 19.9 Å². The zero-order valence-electron chi connectivity index (χ0n) is 9.54. The van der Waals surface area contributed by atoms with Crippen LogP contribution in [0, 0.1) is 11.3 Å². The van der Waals surface area contributed by atoms with Gasteiger partial charge in [-0.2, -0.15) is 5.26 Å². The summed E-state index contributed by atoms with van der Waals surface area (Å²) >= 11 is 0. The molecule has 0 aliphatic carbocycles. The number of nitrogens with zero attached hydrogens (tertiary/aromatic N) is 2. The van der Waals surface area contributed by atoms with Crippen molar-refractivity contribution in [3.8, 4) is 6.07 Å². The minimum Gasteiger partial charge on any atom is -0.229 e. The Bertz CT molecular complexity index is 461. The lowest BCUT2D eigenvalue weighted by atomic mass is 10.3. The fourth-order valence-corrected chi connectivity index (χ4v) is 3.90. The molecule has 0 N–H and O–H groups in total. The number of rotatable bonds is 6. The van der Waals surface area contributed by atoms with Crippen LogP contribution in [-0.4, -0.2) is 52.0 Å². The largest absolute Gasteiger partial charge is 0.229 e. The van der Waals surface area contributed by atoms with E-state index in [-0.39, 0.29) is 6.42 Å². The highest BCUT2D eigenvalue weighted by atomic mass is 32.2. The van der Waals surface area contributed by atoms with Gasteiger partial charge in [0.1, 0.15) is 9.84 Å². The van der Waals surface area contributed by atoms with Crippen LogP contribution in [0.5, 0.6) is 0 Å². The summed E-state index contributed by atoms with van der Waals surface area (Å²) in [5.41, 5.74) is 0. The smallest absolute Gasteiger partial charge is 0.215 e. The molecule has 0 amide bonds. The average molecular weight is 268 g/mol. The van der Waals surface area contributed by atoms with Gasteiger partial charge in [0.25, 0.3) is 0 Å². The van der Waals surface area contributed by atoms with Gasteiger partial charge >= 0.3 is 0 Å². The molecule has 0 aromatic carbocycles. The molecule has 0 aliphatic heterocycles. The summed E-state index contributed by atoms with van der Waals surface area (Å²) in [4.78, 5) is 0. The Labute approximate surface area is 96.8 Å². The maximum atomic E-state index is 11.6. The van der Waals surface area contributed by atoms with Gasteiger partial charge < -0.3 is 0 Å². The zero-order valence-corrected chi connectivity index (χ0v) is 11.2. The third-order valence-corrected chi connectivity index (χ3v) is 5.32. The number of hydrogen-bond donors (Lipinski definition) is 0. The Morgan fingerprint density at radius 2 is 1.75 bits per heavy atom. The first kappa shape index (κ1) is 15.3. The van der Waals surface area contributed by atoms with Crippen molar-refractivity contribution < 1.29 is 16.8 Å². The number of hydrogen-bond acceptors (Lipinski definition) is 5. The predicted octanol–water partition coefficient (Wildman–Crippen LogP) is -0.405. The van der Waals surface area contributed by atoms with Crippen LogP contribution in [0.1, 0.15) is 13.3 Å². The van der Waals surface area contributed by atoms with Crippen molar-refractivity contribution in [1.29, 1.82) is 5.26 Å². The van der Waals surface area contributed by atoms with E-state index in [0.717, 1.165) is 10.6 Å². The molecule has 94 valence electrons. The summed E-state index contributed by atoms with van der Waals surface area (Å²) in [7, 11) is -5.56. The average Bonchev–Trinajstić information content (AvgIpc) is 2.13. The normalized spacial score (nSPS) is 14.7. The molecule has 6 nitrogen and oxygen atoms in total. The maximum absolute atomic E-state index is 11.6. The summed E-state index contributed by atoms with van der Waals surface area (Å²) in [5.74, 6) is -0.850. The van der Waals surface area contributed by atoms with Crippen molar-refractivity contribution in [1.82, 2.24) is 4.31 Å². The molecular weight excluding hydrogens is 252 g/mol. The molecule has 8 heteroatoms. The van der Waals surface area contributed by atoms with Crippen LogP contribution < -0.4 is 0 Å². The van der Waals surface area contributed by atoms with Gasteiger partial charge in [-0.05, 0) is 6.92 Å². The van der Waals surface area contributed by atoms with E-state index in [2.05, 4.69) is 0 Å². The van der Waals surface area contributed by atoms with Crippen molar-refractivity contribution in [2.45, 2.75) is 19.4 Å². The fourth-order valence-electron chi connectivity index (χ4n) is 0.936. The van der Waals surface area contributed by atoms with Gasteiger partial charge in [0.05, 0.1) is 24.0 Å². The van der Waals surface area contributed by atoms with E-state index in [0.29, 0.717) is 0 Å². The van der Waals surface area contributed by atoms with E-state index in [9.17, 15) is 16.8 Å². The summed E-state index contributed by atoms with van der Waals surface area (Å²) in [6.07, 6.45) is 1.07. The molecular formula is C8H16N2O4S2. The Hall–Kier alpha value is -0.650. The van der Waals surface area contributed by atoms with Gasteiger partial charge in [-0.15, -0.1) is 0 Å². The highest BCUT2D eigenvalue weighted by Gasteiger charge is 2.24. The molecule has 0 aliphatic rings. The van der Waals surface area contributed by atoms with Crippen LogP contribution in [0.4, 0.5) is 0 Å². The quantitative estimate of drug-likeness (QED) is 0.653. The molecule has 1 atom stereocenters. The molecule has 0 fully saturated rings. The monoisotopic (exact) mass is 268 g/mol. The minimum absolute atomic E-state index is 0.0780. The Morgan fingerprint density at radius 1 is 1.25 bits per heavy atom. The summed E-state index contributed by atoms with van der Waals surface area (Å²) in [5, 5.41) is 8.44. The van der Waals surface area contributed by atoms with Crippen LogP contribution in [0.2, 0.25) is 0 Å². The second kappa shape index (κ2) is 5.61. The highest BCUT2D eigenvalue weighted by molar-refractivity contribution is 7.93. The first-order valence-electron chi connectivity index (χ1n) is 4.60. The van der Waals surface area contributed by atoms with Crippen molar-refractivity contribution in [3.05, 3.63) is 0 Å². The van der Waals surface area contributed by atoms with Gasteiger partial charge in [-0.25, -0.2) is 21.1 Å². The number of sulfonamides is 1. The van der Waals surface area contributed by atoms with E-state index in [1.165, 1.54) is 7.05 Å². The number of nitriles is 1. The molecule has 0 rings (SSSR count). The van der Waals surface area contributed by atoms with Crippen LogP contribution in [0.25, 0.3) is 0 Å². The van der Waals surface area contributed by atoms with E-state index < -0.39 is 37.4 Å². The van der Waals surface area contributed by atoms with E-state index >= 15 is 0 Å². The second-order valence-electron chi connectivity index (χ2n) is 3.67. The van der Waals surface area contributed by atoms with Crippen molar-refractivity contribution in [2.24, 2.45) is 0 Å². The molecule has 0 saturated heterocycles. The van der Waals surface area contributed by atoms with Gasteiger partial charge in [0, 0.05) is 19.3 Å². The van der Waals surface area contributed by atoms with Gasteiger partial charge in [-0.1, -0.05) is 0 Å². The molecule has 0 saturated carbocycles. The van der Waals surface area contributed by atoms with Crippen LogP contribution in [0.15, 0.2) is 0 Å².